The molecule has 1 aromatic carbocycles. The highest BCUT2D eigenvalue weighted by Gasteiger charge is 2.31. The van der Waals surface area contributed by atoms with E-state index >= 15 is 0 Å². The molecular weight excluding hydrogens is 309 g/mol. The predicted molar refractivity (Wildman–Crippen MR) is 80.6 cm³/mol. The third-order valence-corrected chi connectivity index (χ3v) is 3.65. The van der Waals surface area contributed by atoms with Crippen molar-refractivity contribution in [1.29, 1.82) is 0 Å². The molecule has 2 atom stereocenters. The first kappa shape index (κ1) is 16.5. The van der Waals surface area contributed by atoms with Crippen LogP contribution in [0.2, 0.25) is 0 Å². The van der Waals surface area contributed by atoms with Crippen LogP contribution in [0.25, 0.3) is 0 Å². The number of nitrogens with zero attached hydrogens (tertiary/aromatic N) is 1. The van der Waals surface area contributed by atoms with Gasteiger partial charge >= 0.3 is 7.75 Å². The molecule has 0 fully saturated rings. The monoisotopic (exact) mass is 325 g/mol. The Labute approximate surface area is 126 Å². The van der Waals surface area contributed by atoms with Gasteiger partial charge in [0.15, 0.2) is 0 Å². The van der Waals surface area contributed by atoms with E-state index < -0.39 is 19.8 Å². The van der Waals surface area contributed by atoms with Crippen LogP contribution in [-0.2, 0) is 11.0 Å². The van der Waals surface area contributed by atoms with Gasteiger partial charge in [0.1, 0.15) is 11.5 Å². The number of benzene rings is 1. The fourth-order valence-electron chi connectivity index (χ4n) is 2.29. The second-order valence-corrected chi connectivity index (χ2v) is 6.13. The lowest BCUT2D eigenvalue weighted by molar-refractivity contribution is 0.131. The Kier molecular flexibility index (Phi) is 4.83. The van der Waals surface area contributed by atoms with Crippen molar-refractivity contribution in [2.24, 2.45) is 10.7 Å². The van der Waals surface area contributed by atoms with E-state index in [1.807, 2.05) is 0 Å². The van der Waals surface area contributed by atoms with Gasteiger partial charge < -0.3 is 25.1 Å². The van der Waals surface area contributed by atoms with Gasteiger partial charge in [-0.1, -0.05) is 18.2 Å². The lowest BCUT2D eigenvalue weighted by Gasteiger charge is -2.24. The van der Waals surface area contributed by atoms with Crippen molar-refractivity contribution in [1.82, 2.24) is 0 Å². The van der Waals surface area contributed by atoms with Gasteiger partial charge in [-0.15, -0.1) is 0 Å². The molecule has 22 heavy (non-hydrogen) atoms. The number of allylic oxidation sites excluding steroid dienone is 3. The Hall–Kier alpha value is -1.92. The van der Waals surface area contributed by atoms with E-state index in [4.69, 9.17) is 9.79 Å². The van der Waals surface area contributed by atoms with E-state index in [0.29, 0.717) is 5.56 Å². The Morgan fingerprint density at radius 2 is 2.00 bits per heavy atom. The first-order valence-electron chi connectivity index (χ1n) is 6.45. The Morgan fingerprint density at radius 1 is 1.27 bits per heavy atom. The summed E-state index contributed by atoms with van der Waals surface area (Å²) in [6.07, 6.45) is 2.96. The molecule has 0 bridgehead atoms. The average Bonchev–Trinajstić information content (AvgIpc) is 2.36. The molecule has 118 valence electrons. The number of rotatable bonds is 4. The first-order chi connectivity index (χ1) is 10.3. The van der Waals surface area contributed by atoms with E-state index in [-0.39, 0.29) is 23.6 Å². The second kappa shape index (κ2) is 6.46. The summed E-state index contributed by atoms with van der Waals surface area (Å²) in [6.45, 7) is 0. The summed E-state index contributed by atoms with van der Waals surface area (Å²) in [5, 5.41) is 29.6. The molecule has 0 radical (unpaired) electrons. The van der Waals surface area contributed by atoms with Crippen LogP contribution in [0.15, 0.2) is 53.0 Å². The minimum Gasteiger partial charge on any atom is -0.512 e. The highest BCUT2D eigenvalue weighted by Crippen LogP contribution is 2.39. The fourth-order valence-corrected chi connectivity index (χ4v) is 2.78. The van der Waals surface area contributed by atoms with Gasteiger partial charge in [-0.25, -0.2) is 4.57 Å². The van der Waals surface area contributed by atoms with Crippen LogP contribution in [0.4, 0.5) is 0 Å². The molecule has 0 aromatic heterocycles. The zero-order chi connectivity index (χ0) is 16.3. The SMILES string of the molecule is O=P(O)(O)/N=C1\C=CC=C(O)C1C(O)Cc1cccc(O)c1. The van der Waals surface area contributed by atoms with Crippen molar-refractivity contribution in [3.8, 4) is 5.75 Å². The quantitative estimate of drug-likeness (QED) is 0.533. The Bertz CT molecular complexity index is 690. The zero-order valence-electron chi connectivity index (χ0n) is 11.4. The maximum Gasteiger partial charge on any atom is 0.448 e. The molecule has 0 saturated heterocycles. The molecule has 1 aromatic rings. The number of aliphatic hydroxyl groups excluding tert-OH is 2. The third-order valence-electron chi connectivity index (χ3n) is 3.16. The van der Waals surface area contributed by atoms with Crippen LogP contribution in [0, 0.1) is 5.92 Å². The molecule has 0 amide bonds. The van der Waals surface area contributed by atoms with Gasteiger partial charge in [0, 0.05) is 0 Å². The van der Waals surface area contributed by atoms with Crippen LogP contribution >= 0.6 is 7.75 Å². The summed E-state index contributed by atoms with van der Waals surface area (Å²) >= 11 is 0. The van der Waals surface area contributed by atoms with Crippen LogP contribution in [0.5, 0.6) is 5.75 Å². The van der Waals surface area contributed by atoms with Gasteiger partial charge in [0.05, 0.1) is 17.7 Å². The summed E-state index contributed by atoms with van der Waals surface area (Å²) in [4.78, 5) is 17.9. The third kappa shape index (κ3) is 4.29. The maximum absolute atomic E-state index is 11.0. The van der Waals surface area contributed by atoms with Crippen LogP contribution in [-0.4, -0.2) is 36.9 Å². The van der Waals surface area contributed by atoms with Gasteiger partial charge in [0.25, 0.3) is 0 Å². The van der Waals surface area contributed by atoms with Gasteiger partial charge in [0.2, 0.25) is 0 Å². The average molecular weight is 325 g/mol. The summed E-state index contributed by atoms with van der Waals surface area (Å²) in [5.74, 6) is -1.24. The highest BCUT2D eigenvalue weighted by molar-refractivity contribution is 7.50. The number of aliphatic hydroxyl groups is 2. The lowest BCUT2D eigenvalue weighted by atomic mass is 9.87. The summed E-state index contributed by atoms with van der Waals surface area (Å²) in [6, 6.07) is 6.24. The Morgan fingerprint density at radius 3 is 2.64 bits per heavy atom. The smallest absolute Gasteiger partial charge is 0.448 e. The number of hydrogen-bond acceptors (Lipinski definition) is 4. The highest BCUT2D eigenvalue weighted by atomic mass is 31.2. The van der Waals surface area contributed by atoms with E-state index in [1.165, 1.54) is 30.4 Å². The molecular formula is C14H16NO6P. The molecule has 0 aliphatic heterocycles. The van der Waals surface area contributed by atoms with Gasteiger partial charge in [-0.2, -0.15) is 4.76 Å². The summed E-state index contributed by atoms with van der Waals surface area (Å²) in [7, 11) is -4.68. The van der Waals surface area contributed by atoms with Gasteiger partial charge in [-0.05, 0) is 36.3 Å². The van der Waals surface area contributed by atoms with Crippen molar-refractivity contribution >= 4 is 13.5 Å². The molecule has 8 heteroatoms. The fraction of sp³-hybridized carbons (Fsp3) is 0.214. The predicted octanol–water partition coefficient (Wildman–Crippen LogP) is 1.46. The van der Waals surface area contributed by atoms with Crippen molar-refractivity contribution in [3.05, 3.63) is 53.8 Å². The van der Waals surface area contributed by atoms with Crippen LogP contribution in [0.1, 0.15) is 5.56 Å². The lowest BCUT2D eigenvalue weighted by Crippen LogP contribution is -2.32. The first-order valence-corrected chi connectivity index (χ1v) is 8.01. The topological polar surface area (TPSA) is 131 Å². The van der Waals surface area contributed by atoms with Gasteiger partial charge in [-0.3, -0.25) is 0 Å². The van der Waals surface area contributed by atoms with Crippen molar-refractivity contribution in [2.45, 2.75) is 12.5 Å². The number of phenols is 1. The summed E-state index contributed by atoms with van der Waals surface area (Å²) in [5.41, 5.74) is 0.520. The zero-order valence-corrected chi connectivity index (χ0v) is 12.3. The molecule has 1 aliphatic rings. The van der Waals surface area contributed by atoms with Crippen LogP contribution < -0.4 is 0 Å². The standard InChI is InChI=1S/C14H16NO6P/c16-10-4-1-3-9(7-10)8-13(18)14-11(15-22(19,20)21)5-2-6-12(14)17/h1-7,13-14,16-18H,8H2,(H2,19,20,21)/b15-11+. The molecule has 1 aliphatic carbocycles. The number of aromatic hydroxyl groups is 1. The molecule has 0 heterocycles. The Balaban J connectivity index is 2.27. The van der Waals surface area contributed by atoms with E-state index in [2.05, 4.69) is 4.76 Å². The maximum atomic E-state index is 11.0. The van der Waals surface area contributed by atoms with E-state index in [1.54, 1.807) is 12.1 Å². The second-order valence-electron chi connectivity index (χ2n) is 4.91. The number of phenolic OH excluding ortho intramolecular Hbond substituents is 1. The summed E-state index contributed by atoms with van der Waals surface area (Å²) < 4.78 is 14.3. The normalized spacial score (nSPS) is 21.7. The molecule has 0 saturated carbocycles. The molecule has 2 unspecified atom stereocenters. The molecule has 7 nitrogen and oxygen atoms in total. The minimum atomic E-state index is -4.68. The van der Waals surface area contributed by atoms with Crippen molar-refractivity contribution in [2.75, 3.05) is 0 Å². The largest absolute Gasteiger partial charge is 0.512 e. The minimum absolute atomic E-state index is 0.0390. The van der Waals surface area contributed by atoms with Crippen LogP contribution in [0.3, 0.4) is 0 Å². The molecule has 0 spiro atoms. The van der Waals surface area contributed by atoms with Crippen molar-refractivity contribution < 1.29 is 29.7 Å². The van der Waals surface area contributed by atoms with Crippen molar-refractivity contribution in [3.63, 3.8) is 0 Å². The molecule has 5 N–H and O–H groups in total. The number of hydrogen-bond donors (Lipinski definition) is 5. The molecule has 2 rings (SSSR count). The van der Waals surface area contributed by atoms with E-state index in [9.17, 15) is 19.9 Å². The van der Waals surface area contributed by atoms with E-state index in [0.717, 1.165) is 0 Å².